The Morgan fingerprint density at radius 3 is 2.23 bits per heavy atom. The summed E-state index contributed by atoms with van der Waals surface area (Å²) < 4.78 is 24.8. The highest BCUT2D eigenvalue weighted by Gasteiger charge is 2.54. The zero-order valence-corrected chi connectivity index (χ0v) is 17.0. The average molecular weight is 378 g/mol. The van der Waals surface area contributed by atoms with Gasteiger partial charge in [-0.25, -0.2) is 0 Å². The van der Waals surface area contributed by atoms with Crippen LogP contribution in [0.15, 0.2) is 49.1 Å². The molecule has 0 N–H and O–H groups in total. The Kier molecular flexibility index (Phi) is 9.79. The highest BCUT2D eigenvalue weighted by molar-refractivity contribution is 7.56. The Balaban J connectivity index is 3.32. The topological polar surface area (TPSA) is 52.6 Å². The number of benzene rings is 1. The van der Waals surface area contributed by atoms with E-state index in [2.05, 4.69) is 6.58 Å². The maximum atomic E-state index is 13.6. The third-order valence-electron chi connectivity index (χ3n) is 4.17. The van der Waals surface area contributed by atoms with Gasteiger partial charge in [-0.05, 0) is 38.7 Å². The van der Waals surface area contributed by atoms with Crippen LogP contribution in [0.4, 0.5) is 0 Å². The molecule has 5 heteroatoms. The summed E-state index contributed by atoms with van der Waals surface area (Å²) in [5.74, 6) is -0.0946. The molecule has 1 atom stereocenters. The molecule has 0 bridgehead atoms. The molecule has 4 nitrogen and oxygen atoms in total. The van der Waals surface area contributed by atoms with E-state index < -0.39 is 12.8 Å². The molecule has 1 aromatic carbocycles. The molecule has 0 saturated carbocycles. The predicted molar refractivity (Wildman–Crippen MR) is 108 cm³/mol. The van der Waals surface area contributed by atoms with E-state index in [1.54, 1.807) is 19.9 Å². The van der Waals surface area contributed by atoms with Crippen LogP contribution in [-0.2, 0) is 18.4 Å². The van der Waals surface area contributed by atoms with Crippen molar-refractivity contribution in [3.05, 3.63) is 54.6 Å². The summed E-state index contributed by atoms with van der Waals surface area (Å²) in [6.45, 7) is 9.67. The van der Waals surface area contributed by atoms with Gasteiger partial charge in [-0.2, -0.15) is 0 Å². The number of Topliss-reactive ketones (excluding diaryl/α,β-unsaturated/α-hetero) is 1. The van der Waals surface area contributed by atoms with Gasteiger partial charge in [-0.3, -0.25) is 9.36 Å². The lowest BCUT2D eigenvalue weighted by Gasteiger charge is -2.36. The molecule has 26 heavy (non-hydrogen) atoms. The van der Waals surface area contributed by atoms with Crippen molar-refractivity contribution in [2.24, 2.45) is 0 Å². The van der Waals surface area contributed by atoms with E-state index in [9.17, 15) is 9.36 Å². The number of carbonyl (C=O) groups excluding carboxylic acids is 1. The van der Waals surface area contributed by atoms with Gasteiger partial charge in [0.2, 0.25) is 0 Å². The van der Waals surface area contributed by atoms with Gasteiger partial charge in [0.1, 0.15) is 5.16 Å². The van der Waals surface area contributed by atoms with E-state index in [0.29, 0.717) is 12.8 Å². The Labute approximate surface area is 157 Å². The van der Waals surface area contributed by atoms with Crippen molar-refractivity contribution in [2.75, 3.05) is 13.2 Å². The summed E-state index contributed by atoms with van der Waals surface area (Å²) in [7, 11) is -3.66. The van der Waals surface area contributed by atoms with Gasteiger partial charge < -0.3 is 9.05 Å². The minimum atomic E-state index is -3.66. The highest BCUT2D eigenvalue weighted by atomic mass is 31.2. The normalized spacial score (nSPS) is 14.3. The molecule has 1 rings (SSSR count). The zero-order chi connectivity index (χ0) is 19.5. The van der Waals surface area contributed by atoms with Gasteiger partial charge in [-0.15, -0.1) is 6.58 Å². The zero-order valence-electron chi connectivity index (χ0n) is 16.1. The fourth-order valence-corrected chi connectivity index (χ4v) is 5.31. The molecule has 0 aliphatic heterocycles. The maximum absolute atomic E-state index is 13.6. The Hall–Kier alpha value is -1.48. The summed E-state index contributed by atoms with van der Waals surface area (Å²) >= 11 is 0. The number of hydrogen-bond acceptors (Lipinski definition) is 4. The smallest absolute Gasteiger partial charge is 0.308 e. The third kappa shape index (κ3) is 5.51. The van der Waals surface area contributed by atoms with Crippen molar-refractivity contribution in [2.45, 2.75) is 51.6 Å². The van der Waals surface area contributed by atoms with E-state index in [-0.39, 0.29) is 31.8 Å². The maximum Gasteiger partial charge on any atom is 0.344 e. The Morgan fingerprint density at radius 2 is 1.73 bits per heavy atom. The van der Waals surface area contributed by atoms with E-state index in [0.717, 1.165) is 5.56 Å². The number of allylic oxidation sites excluding steroid dienone is 2. The molecule has 0 saturated heterocycles. The number of carbonyl (C=O) groups is 1. The lowest BCUT2D eigenvalue weighted by atomic mass is 9.92. The minimum absolute atomic E-state index is 0.0946. The van der Waals surface area contributed by atoms with Crippen LogP contribution in [0.5, 0.6) is 0 Å². The summed E-state index contributed by atoms with van der Waals surface area (Å²) in [6, 6.07) is 9.80. The molecule has 1 unspecified atom stereocenters. The number of rotatable bonds is 13. The molecule has 0 amide bonds. The quantitative estimate of drug-likeness (QED) is 0.310. The van der Waals surface area contributed by atoms with E-state index in [1.807, 2.05) is 49.4 Å². The lowest BCUT2D eigenvalue weighted by molar-refractivity contribution is -0.122. The standard InChI is InChI=1S/C21H31O4P/c1-5-13-20(22)21(17-6-2,26(23,24-7-3)25-8-4)18-12-16-19-14-10-9-11-15-19/h6,9-12,14-16H,2,5,7-8,13,17-18H2,1,3-4H3/b16-12-. The van der Waals surface area contributed by atoms with Gasteiger partial charge in [0, 0.05) is 6.42 Å². The second-order valence-electron chi connectivity index (χ2n) is 6.05. The molecular formula is C21H31O4P. The second kappa shape index (κ2) is 11.3. The SMILES string of the molecule is C=CCC(C/C=C\c1ccccc1)(C(=O)CCC)P(=O)(OCC)OCC. The Morgan fingerprint density at radius 1 is 1.12 bits per heavy atom. The monoisotopic (exact) mass is 378 g/mol. The van der Waals surface area contributed by atoms with Crippen molar-refractivity contribution < 1.29 is 18.4 Å². The first-order valence-electron chi connectivity index (χ1n) is 9.24. The molecule has 0 aromatic heterocycles. The van der Waals surface area contributed by atoms with Crippen LogP contribution in [0, 0.1) is 0 Å². The van der Waals surface area contributed by atoms with E-state index >= 15 is 0 Å². The average Bonchev–Trinajstić information content (AvgIpc) is 2.62. The number of hydrogen-bond donors (Lipinski definition) is 0. The molecule has 0 fully saturated rings. The highest BCUT2D eigenvalue weighted by Crippen LogP contribution is 2.64. The fraction of sp³-hybridized carbons (Fsp3) is 0.476. The second-order valence-corrected chi connectivity index (χ2v) is 8.42. The molecule has 0 heterocycles. The van der Waals surface area contributed by atoms with Crippen LogP contribution in [0.25, 0.3) is 6.08 Å². The first-order chi connectivity index (χ1) is 12.5. The molecule has 0 radical (unpaired) electrons. The largest absolute Gasteiger partial charge is 0.344 e. The third-order valence-corrected chi connectivity index (χ3v) is 7.03. The molecule has 1 aromatic rings. The summed E-state index contributed by atoms with van der Waals surface area (Å²) in [6.07, 6.45) is 6.99. The first-order valence-corrected chi connectivity index (χ1v) is 10.8. The van der Waals surface area contributed by atoms with Crippen LogP contribution in [0.1, 0.15) is 52.0 Å². The van der Waals surface area contributed by atoms with Crippen molar-refractivity contribution in [3.63, 3.8) is 0 Å². The summed E-state index contributed by atoms with van der Waals surface area (Å²) in [5, 5.41) is -1.23. The van der Waals surface area contributed by atoms with Crippen LogP contribution in [0.2, 0.25) is 0 Å². The predicted octanol–water partition coefficient (Wildman–Crippen LogP) is 6.04. The fourth-order valence-electron chi connectivity index (χ4n) is 2.96. The molecule has 144 valence electrons. The molecule has 0 spiro atoms. The van der Waals surface area contributed by atoms with Gasteiger partial charge in [0.05, 0.1) is 13.2 Å². The summed E-state index contributed by atoms with van der Waals surface area (Å²) in [5.41, 5.74) is 1.02. The van der Waals surface area contributed by atoms with Gasteiger partial charge in [0.25, 0.3) is 0 Å². The van der Waals surface area contributed by atoms with Crippen molar-refractivity contribution >= 4 is 19.5 Å². The molecular weight excluding hydrogens is 347 g/mol. The van der Waals surface area contributed by atoms with E-state index in [1.165, 1.54) is 0 Å². The molecule has 0 aliphatic rings. The van der Waals surface area contributed by atoms with Gasteiger partial charge >= 0.3 is 7.60 Å². The number of ketones is 1. The van der Waals surface area contributed by atoms with E-state index in [4.69, 9.17) is 9.05 Å². The lowest BCUT2D eigenvalue weighted by Crippen LogP contribution is -2.39. The van der Waals surface area contributed by atoms with Crippen molar-refractivity contribution in [1.29, 1.82) is 0 Å². The summed E-state index contributed by atoms with van der Waals surface area (Å²) in [4.78, 5) is 13.1. The minimum Gasteiger partial charge on any atom is -0.308 e. The Bertz CT molecular complexity index is 629. The van der Waals surface area contributed by atoms with Gasteiger partial charge in [0.15, 0.2) is 5.78 Å². The van der Waals surface area contributed by atoms with Crippen molar-refractivity contribution in [1.82, 2.24) is 0 Å². The van der Waals surface area contributed by atoms with Crippen LogP contribution in [-0.4, -0.2) is 24.2 Å². The van der Waals surface area contributed by atoms with Crippen LogP contribution < -0.4 is 0 Å². The van der Waals surface area contributed by atoms with Crippen molar-refractivity contribution in [3.8, 4) is 0 Å². The van der Waals surface area contributed by atoms with Crippen LogP contribution in [0.3, 0.4) is 0 Å². The van der Waals surface area contributed by atoms with Crippen LogP contribution >= 0.6 is 7.60 Å². The van der Waals surface area contributed by atoms with Gasteiger partial charge in [-0.1, -0.05) is 55.5 Å². The molecule has 0 aliphatic carbocycles. The first kappa shape index (κ1) is 22.6.